The lowest BCUT2D eigenvalue weighted by atomic mass is 10.1. The zero-order chi connectivity index (χ0) is 21.5. The molecule has 0 radical (unpaired) electrons. The van der Waals surface area contributed by atoms with E-state index in [2.05, 4.69) is 54.7 Å². The second-order valence-electron chi connectivity index (χ2n) is 7.41. The molecule has 0 atom stereocenters. The highest BCUT2D eigenvalue weighted by atomic mass is 32.1. The Bertz CT molecular complexity index is 1530. The number of hydrogen-bond acceptors (Lipinski definition) is 5. The summed E-state index contributed by atoms with van der Waals surface area (Å²) in [6.45, 7) is 8.28. The largest absolute Gasteiger partial charge is 0.335 e. The van der Waals surface area contributed by atoms with Gasteiger partial charge in [0.1, 0.15) is 17.0 Å². The number of allylic oxidation sites excluding steroid dienone is 2. The molecule has 31 heavy (non-hydrogen) atoms. The molecular weight excluding hydrogens is 406 g/mol. The van der Waals surface area contributed by atoms with Gasteiger partial charge in [0.05, 0.1) is 29.0 Å². The summed E-state index contributed by atoms with van der Waals surface area (Å²) in [5.74, 6) is 1.65. The molecule has 154 valence electrons. The Balaban J connectivity index is 1.55. The second kappa shape index (κ2) is 7.48. The highest BCUT2D eigenvalue weighted by molar-refractivity contribution is 7.08. The van der Waals surface area contributed by atoms with Crippen molar-refractivity contribution in [3.05, 3.63) is 63.6 Å². The van der Waals surface area contributed by atoms with Crippen molar-refractivity contribution in [2.75, 3.05) is 0 Å². The molecule has 0 amide bonds. The van der Waals surface area contributed by atoms with E-state index in [0.717, 1.165) is 49.8 Å². The number of H-pyrrole nitrogens is 2. The SMILES string of the molecule is C=c1c(-c2nc3c(-c4ccsc4)cncc3[nH]2)n[nH]/c1=C/C=C(\C)c1cnc(C)n1C. The van der Waals surface area contributed by atoms with Crippen LogP contribution in [-0.2, 0) is 7.05 Å². The third-order valence-electron chi connectivity index (χ3n) is 5.47. The van der Waals surface area contributed by atoms with Gasteiger partial charge in [-0.05, 0) is 47.9 Å². The Morgan fingerprint density at radius 3 is 2.87 bits per heavy atom. The normalized spacial score (nSPS) is 12.9. The number of hydrogen-bond donors (Lipinski definition) is 2. The maximum absolute atomic E-state index is 4.82. The fraction of sp³-hybridized carbons (Fsp3) is 0.130. The molecule has 0 saturated carbocycles. The Labute approximate surface area is 182 Å². The minimum absolute atomic E-state index is 0.670. The van der Waals surface area contributed by atoms with Crippen LogP contribution in [0.5, 0.6) is 0 Å². The van der Waals surface area contributed by atoms with Crippen molar-refractivity contribution in [1.29, 1.82) is 0 Å². The first-order chi connectivity index (χ1) is 15.0. The smallest absolute Gasteiger partial charge is 0.159 e. The van der Waals surface area contributed by atoms with Crippen molar-refractivity contribution < 1.29 is 0 Å². The van der Waals surface area contributed by atoms with E-state index >= 15 is 0 Å². The van der Waals surface area contributed by atoms with E-state index in [0.29, 0.717) is 11.5 Å². The molecule has 0 aliphatic rings. The number of fused-ring (bicyclic) bond motifs is 1. The first-order valence-corrected chi connectivity index (χ1v) is 10.7. The lowest BCUT2D eigenvalue weighted by Gasteiger charge is -2.02. The van der Waals surface area contributed by atoms with Crippen LogP contribution in [0.4, 0.5) is 0 Å². The molecule has 5 aromatic rings. The monoisotopic (exact) mass is 427 g/mol. The maximum Gasteiger partial charge on any atom is 0.159 e. The molecule has 0 aromatic carbocycles. The van der Waals surface area contributed by atoms with E-state index in [1.165, 1.54) is 0 Å². The maximum atomic E-state index is 4.82. The predicted molar refractivity (Wildman–Crippen MR) is 126 cm³/mol. The standard InChI is InChI=1S/C23H21N7S/c1-13(20-11-25-15(3)30(20)4)5-6-18-14(2)21(29-28-18)23-26-19-10-24-9-17(22(19)27-23)16-7-8-31-12-16/h5-12,28H,2H2,1,3-4H3,(H,26,27)/b13-5+,18-6+. The topological polar surface area (TPSA) is 88.1 Å². The molecule has 0 spiro atoms. The van der Waals surface area contributed by atoms with Gasteiger partial charge < -0.3 is 9.55 Å². The van der Waals surface area contributed by atoms with Crippen LogP contribution < -0.4 is 10.6 Å². The first kappa shape index (κ1) is 19.2. The van der Waals surface area contributed by atoms with Crippen LogP contribution in [0.3, 0.4) is 0 Å². The van der Waals surface area contributed by atoms with E-state index in [9.17, 15) is 0 Å². The number of aromatic amines is 2. The predicted octanol–water partition coefficient (Wildman–Crippen LogP) is 3.41. The van der Waals surface area contributed by atoms with Crippen LogP contribution in [0.2, 0.25) is 0 Å². The van der Waals surface area contributed by atoms with Gasteiger partial charge in [0.2, 0.25) is 0 Å². The van der Waals surface area contributed by atoms with Gasteiger partial charge in [-0.3, -0.25) is 10.1 Å². The van der Waals surface area contributed by atoms with Crippen LogP contribution in [0, 0.1) is 6.92 Å². The molecule has 5 rings (SSSR count). The van der Waals surface area contributed by atoms with Gasteiger partial charge >= 0.3 is 0 Å². The van der Waals surface area contributed by atoms with E-state index in [4.69, 9.17) is 4.98 Å². The van der Waals surface area contributed by atoms with Crippen LogP contribution in [-0.4, -0.2) is 34.7 Å². The summed E-state index contributed by atoms with van der Waals surface area (Å²) in [6.07, 6.45) is 9.53. The molecule has 0 fully saturated rings. The Morgan fingerprint density at radius 1 is 1.26 bits per heavy atom. The third-order valence-corrected chi connectivity index (χ3v) is 6.16. The van der Waals surface area contributed by atoms with Gasteiger partial charge in [0.25, 0.3) is 0 Å². The van der Waals surface area contributed by atoms with Crippen molar-refractivity contribution >= 4 is 40.6 Å². The van der Waals surface area contributed by atoms with Crippen molar-refractivity contribution in [3.8, 4) is 22.6 Å². The lowest BCUT2D eigenvalue weighted by molar-refractivity contribution is 0.845. The molecule has 2 N–H and O–H groups in total. The molecular formula is C23H21N7S. The summed E-state index contributed by atoms with van der Waals surface area (Å²) < 4.78 is 2.07. The zero-order valence-electron chi connectivity index (χ0n) is 17.5. The first-order valence-electron chi connectivity index (χ1n) is 9.80. The number of aryl methyl sites for hydroxylation is 1. The van der Waals surface area contributed by atoms with E-state index in [-0.39, 0.29) is 0 Å². The quantitative estimate of drug-likeness (QED) is 0.460. The summed E-state index contributed by atoms with van der Waals surface area (Å²) in [5, 5.41) is 13.3. The lowest BCUT2D eigenvalue weighted by Crippen LogP contribution is -2.21. The van der Waals surface area contributed by atoms with Gasteiger partial charge in [-0.25, -0.2) is 9.97 Å². The molecule has 5 heterocycles. The van der Waals surface area contributed by atoms with Crippen molar-refractivity contribution in [1.82, 2.24) is 34.7 Å². The summed E-state index contributed by atoms with van der Waals surface area (Å²) in [7, 11) is 2.01. The van der Waals surface area contributed by atoms with Gasteiger partial charge in [0.15, 0.2) is 5.82 Å². The van der Waals surface area contributed by atoms with Crippen LogP contribution in [0.15, 0.2) is 41.5 Å². The summed E-state index contributed by atoms with van der Waals surface area (Å²) >= 11 is 1.65. The zero-order valence-corrected chi connectivity index (χ0v) is 18.3. The number of nitrogens with zero attached hydrogens (tertiary/aromatic N) is 5. The van der Waals surface area contributed by atoms with Crippen LogP contribution in [0.25, 0.3) is 51.9 Å². The molecule has 8 heteroatoms. The molecule has 0 aliphatic heterocycles. The Morgan fingerprint density at radius 2 is 2.13 bits per heavy atom. The molecule has 0 saturated heterocycles. The number of rotatable bonds is 4. The fourth-order valence-electron chi connectivity index (χ4n) is 3.55. The highest BCUT2D eigenvalue weighted by Gasteiger charge is 2.13. The van der Waals surface area contributed by atoms with Crippen molar-refractivity contribution in [3.63, 3.8) is 0 Å². The van der Waals surface area contributed by atoms with Gasteiger partial charge in [-0.1, -0.05) is 12.7 Å². The molecule has 0 unspecified atom stereocenters. The summed E-state index contributed by atoms with van der Waals surface area (Å²) in [6, 6.07) is 2.07. The number of imidazole rings is 2. The van der Waals surface area contributed by atoms with Gasteiger partial charge in [-0.2, -0.15) is 16.4 Å². The average molecular weight is 428 g/mol. The van der Waals surface area contributed by atoms with Crippen LogP contribution >= 0.6 is 11.3 Å². The second-order valence-corrected chi connectivity index (χ2v) is 8.19. The average Bonchev–Trinajstić information content (AvgIpc) is 3.54. The number of thiophene rings is 1. The Kier molecular flexibility index (Phi) is 4.63. The fourth-order valence-corrected chi connectivity index (χ4v) is 4.20. The summed E-state index contributed by atoms with van der Waals surface area (Å²) in [5.41, 5.74) is 6.73. The minimum Gasteiger partial charge on any atom is -0.335 e. The van der Waals surface area contributed by atoms with E-state index in [1.54, 1.807) is 17.5 Å². The molecule has 7 nitrogen and oxygen atoms in total. The van der Waals surface area contributed by atoms with Crippen LogP contribution in [0.1, 0.15) is 18.4 Å². The number of nitrogens with one attached hydrogen (secondary N) is 2. The number of aromatic nitrogens is 7. The van der Waals surface area contributed by atoms with Gasteiger partial charge in [0, 0.05) is 24.0 Å². The third kappa shape index (κ3) is 3.30. The molecule has 5 aromatic heterocycles. The minimum atomic E-state index is 0.670. The Hall–Kier alpha value is -3.78. The molecule has 0 aliphatic carbocycles. The van der Waals surface area contributed by atoms with Crippen molar-refractivity contribution in [2.24, 2.45) is 7.05 Å². The highest BCUT2D eigenvalue weighted by Crippen LogP contribution is 2.29. The van der Waals surface area contributed by atoms with Crippen molar-refractivity contribution in [2.45, 2.75) is 13.8 Å². The number of pyridine rings is 1. The molecule has 0 bridgehead atoms. The van der Waals surface area contributed by atoms with E-state index < -0.39 is 0 Å². The van der Waals surface area contributed by atoms with E-state index in [1.807, 2.05) is 43.9 Å². The summed E-state index contributed by atoms with van der Waals surface area (Å²) in [4.78, 5) is 16.9. The van der Waals surface area contributed by atoms with Gasteiger partial charge in [-0.15, -0.1) is 0 Å².